The molecule has 0 spiro atoms. The van der Waals surface area contributed by atoms with Crippen molar-refractivity contribution in [2.45, 2.75) is 45.4 Å². The van der Waals surface area contributed by atoms with Crippen LogP contribution in [0.15, 0.2) is 30.3 Å². The fourth-order valence-corrected chi connectivity index (χ4v) is 2.04. The topological polar surface area (TPSA) is 27.7 Å². The highest BCUT2D eigenvalue weighted by Crippen LogP contribution is 2.07. The SMILES string of the molecule is CCCCCCCCOCCOCCOc1ccccc1. The largest absolute Gasteiger partial charge is 0.491 e. The highest BCUT2D eigenvalue weighted by atomic mass is 16.5. The summed E-state index contributed by atoms with van der Waals surface area (Å²) in [5.41, 5.74) is 0. The summed E-state index contributed by atoms with van der Waals surface area (Å²) >= 11 is 0. The van der Waals surface area contributed by atoms with E-state index in [0.717, 1.165) is 12.4 Å². The summed E-state index contributed by atoms with van der Waals surface area (Å²) in [4.78, 5) is 0. The van der Waals surface area contributed by atoms with Crippen LogP contribution in [-0.2, 0) is 9.47 Å². The van der Waals surface area contributed by atoms with Gasteiger partial charge in [0.25, 0.3) is 0 Å². The molecule has 0 aromatic heterocycles. The summed E-state index contributed by atoms with van der Waals surface area (Å²) in [6, 6.07) is 9.80. The van der Waals surface area contributed by atoms with E-state index in [1.165, 1.54) is 38.5 Å². The van der Waals surface area contributed by atoms with Gasteiger partial charge in [-0.3, -0.25) is 0 Å². The quantitative estimate of drug-likeness (QED) is 0.474. The lowest BCUT2D eigenvalue weighted by Crippen LogP contribution is -2.11. The van der Waals surface area contributed by atoms with Crippen molar-refractivity contribution < 1.29 is 14.2 Å². The average Bonchev–Trinajstić information content (AvgIpc) is 2.53. The molecule has 0 aliphatic carbocycles. The summed E-state index contributed by atoms with van der Waals surface area (Å²) in [7, 11) is 0. The maximum Gasteiger partial charge on any atom is 0.119 e. The number of hydrogen-bond acceptors (Lipinski definition) is 3. The predicted molar refractivity (Wildman–Crippen MR) is 87.0 cm³/mol. The molecule has 0 radical (unpaired) electrons. The lowest BCUT2D eigenvalue weighted by atomic mass is 10.1. The molecular weight excluding hydrogens is 264 g/mol. The molecule has 1 aromatic rings. The minimum atomic E-state index is 0.585. The lowest BCUT2D eigenvalue weighted by molar-refractivity contribution is 0.0352. The lowest BCUT2D eigenvalue weighted by Gasteiger charge is -2.07. The third-order valence-electron chi connectivity index (χ3n) is 3.25. The number of ether oxygens (including phenoxy) is 3. The second-order valence-corrected chi connectivity index (χ2v) is 5.15. The van der Waals surface area contributed by atoms with Crippen LogP contribution in [0.4, 0.5) is 0 Å². The first-order valence-corrected chi connectivity index (χ1v) is 8.27. The Hall–Kier alpha value is -1.06. The Morgan fingerprint density at radius 3 is 2.05 bits per heavy atom. The first kappa shape index (κ1) is 18.0. The van der Waals surface area contributed by atoms with Gasteiger partial charge in [-0.1, -0.05) is 57.2 Å². The van der Waals surface area contributed by atoms with Crippen LogP contribution in [0.2, 0.25) is 0 Å². The molecule has 0 amide bonds. The van der Waals surface area contributed by atoms with Crippen molar-refractivity contribution in [2.75, 3.05) is 33.0 Å². The van der Waals surface area contributed by atoms with Crippen molar-refractivity contribution in [1.29, 1.82) is 0 Å². The second kappa shape index (κ2) is 13.9. The first-order valence-electron chi connectivity index (χ1n) is 8.27. The van der Waals surface area contributed by atoms with Gasteiger partial charge in [-0.15, -0.1) is 0 Å². The highest BCUT2D eigenvalue weighted by molar-refractivity contribution is 5.20. The maximum absolute atomic E-state index is 5.54. The van der Waals surface area contributed by atoms with Gasteiger partial charge in [-0.2, -0.15) is 0 Å². The molecule has 0 saturated carbocycles. The minimum Gasteiger partial charge on any atom is -0.491 e. The van der Waals surface area contributed by atoms with Crippen LogP contribution in [0.25, 0.3) is 0 Å². The zero-order chi connectivity index (χ0) is 15.0. The van der Waals surface area contributed by atoms with Crippen molar-refractivity contribution in [3.63, 3.8) is 0 Å². The Bertz CT molecular complexity index is 313. The van der Waals surface area contributed by atoms with Gasteiger partial charge in [-0.05, 0) is 18.6 Å². The van der Waals surface area contributed by atoms with Crippen molar-refractivity contribution in [3.05, 3.63) is 30.3 Å². The van der Waals surface area contributed by atoms with Gasteiger partial charge >= 0.3 is 0 Å². The molecule has 120 valence electrons. The van der Waals surface area contributed by atoms with Gasteiger partial charge in [0.15, 0.2) is 0 Å². The molecule has 21 heavy (non-hydrogen) atoms. The van der Waals surface area contributed by atoms with E-state index in [9.17, 15) is 0 Å². The molecule has 0 bridgehead atoms. The molecular formula is C18H30O3. The summed E-state index contributed by atoms with van der Waals surface area (Å²) in [5, 5.41) is 0. The Morgan fingerprint density at radius 2 is 1.29 bits per heavy atom. The molecule has 1 aromatic carbocycles. The predicted octanol–water partition coefficient (Wildman–Crippen LogP) is 4.46. The normalized spacial score (nSPS) is 10.7. The Morgan fingerprint density at radius 1 is 0.667 bits per heavy atom. The van der Waals surface area contributed by atoms with Crippen LogP contribution in [-0.4, -0.2) is 33.0 Å². The number of benzene rings is 1. The van der Waals surface area contributed by atoms with E-state index in [2.05, 4.69) is 6.92 Å². The zero-order valence-electron chi connectivity index (χ0n) is 13.4. The summed E-state index contributed by atoms with van der Waals surface area (Å²) in [6.45, 7) is 5.62. The maximum atomic E-state index is 5.54. The smallest absolute Gasteiger partial charge is 0.119 e. The number of hydrogen-bond donors (Lipinski definition) is 0. The van der Waals surface area contributed by atoms with E-state index in [1.807, 2.05) is 30.3 Å². The van der Waals surface area contributed by atoms with E-state index in [1.54, 1.807) is 0 Å². The fourth-order valence-electron chi connectivity index (χ4n) is 2.04. The van der Waals surface area contributed by atoms with Crippen molar-refractivity contribution >= 4 is 0 Å². The van der Waals surface area contributed by atoms with Gasteiger partial charge in [0.05, 0.1) is 19.8 Å². The molecule has 0 saturated heterocycles. The van der Waals surface area contributed by atoms with Crippen LogP contribution in [0.1, 0.15) is 45.4 Å². The third kappa shape index (κ3) is 11.3. The minimum absolute atomic E-state index is 0.585. The number of para-hydroxylation sites is 1. The molecule has 0 unspecified atom stereocenters. The molecule has 3 heteroatoms. The average molecular weight is 294 g/mol. The summed E-state index contributed by atoms with van der Waals surface area (Å²) in [5.74, 6) is 0.889. The van der Waals surface area contributed by atoms with E-state index < -0.39 is 0 Å². The molecule has 0 atom stereocenters. The Balaban J connectivity index is 1.75. The molecule has 0 aliphatic rings. The van der Waals surface area contributed by atoms with Crippen molar-refractivity contribution in [2.24, 2.45) is 0 Å². The van der Waals surface area contributed by atoms with E-state index >= 15 is 0 Å². The van der Waals surface area contributed by atoms with E-state index in [4.69, 9.17) is 14.2 Å². The van der Waals surface area contributed by atoms with Crippen LogP contribution in [0.3, 0.4) is 0 Å². The Labute approximate surface area is 129 Å². The van der Waals surface area contributed by atoms with Gasteiger partial charge < -0.3 is 14.2 Å². The van der Waals surface area contributed by atoms with Crippen LogP contribution < -0.4 is 4.74 Å². The molecule has 1 rings (SSSR count). The van der Waals surface area contributed by atoms with Crippen molar-refractivity contribution in [3.8, 4) is 5.75 Å². The van der Waals surface area contributed by atoms with Crippen LogP contribution >= 0.6 is 0 Å². The van der Waals surface area contributed by atoms with Crippen LogP contribution in [0, 0.1) is 0 Å². The molecule has 0 N–H and O–H groups in total. The fraction of sp³-hybridized carbons (Fsp3) is 0.667. The van der Waals surface area contributed by atoms with Crippen LogP contribution in [0.5, 0.6) is 5.75 Å². The van der Waals surface area contributed by atoms with Gasteiger partial charge in [0.2, 0.25) is 0 Å². The zero-order valence-corrected chi connectivity index (χ0v) is 13.4. The number of unbranched alkanes of at least 4 members (excludes halogenated alkanes) is 5. The highest BCUT2D eigenvalue weighted by Gasteiger charge is 1.94. The third-order valence-corrected chi connectivity index (χ3v) is 3.25. The monoisotopic (exact) mass is 294 g/mol. The second-order valence-electron chi connectivity index (χ2n) is 5.15. The molecule has 0 aliphatic heterocycles. The van der Waals surface area contributed by atoms with Gasteiger partial charge in [0, 0.05) is 6.61 Å². The number of rotatable bonds is 14. The molecule has 0 fully saturated rings. The molecule has 3 nitrogen and oxygen atoms in total. The molecule has 0 heterocycles. The van der Waals surface area contributed by atoms with Gasteiger partial charge in [0.1, 0.15) is 12.4 Å². The van der Waals surface area contributed by atoms with Gasteiger partial charge in [-0.25, -0.2) is 0 Å². The Kier molecular flexibility index (Phi) is 11.9. The van der Waals surface area contributed by atoms with Crippen molar-refractivity contribution in [1.82, 2.24) is 0 Å². The van der Waals surface area contributed by atoms with E-state index in [0.29, 0.717) is 26.4 Å². The van der Waals surface area contributed by atoms with E-state index in [-0.39, 0.29) is 0 Å². The first-order chi connectivity index (χ1) is 10.4. The standard InChI is InChI=1S/C18H30O3/c1-2-3-4-5-6-10-13-19-14-15-20-16-17-21-18-11-8-7-9-12-18/h7-9,11-12H,2-6,10,13-17H2,1H3. The summed E-state index contributed by atoms with van der Waals surface area (Å²) in [6.07, 6.45) is 7.82. The summed E-state index contributed by atoms with van der Waals surface area (Å²) < 4.78 is 16.5.